The Bertz CT molecular complexity index is 3990. The van der Waals surface area contributed by atoms with Crippen LogP contribution in [0.3, 0.4) is 0 Å². The lowest BCUT2D eigenvalue weighted by atomic mass is 10.1. The van der Waals surface area contributed by atoms with Gasteiger partial charge in [-0.2, -0.15) is 38.0 Å². The highest BCUT2D eigenvalue weighted by Crippen LogP contribution is 2.41. The number of benzene rings is 4. The van der Waals surface area contributed by atoms with E-state index in [-0.39, 0.29) is 75.8 Å². The van der Waals surface area contributed by atoms with Gasteiger partial charge in [-0.1, -0.05) is 24.3 Å². The van der Waals surface area contributed by atoms with Crippen LogP contribution in [0.1, 0.15) is 51.1 Å². The summed E-state index contributed by atoms with van der Waals surface area (Å²) < 4.78 is 81.0. The first-order valence-corrected chi connectivity index (χ1v) is 27.4. The number of aliphatic hydroxyl groups excluding tert-OH is 2. The summed E-state index contributed by atoms with van der Waals surface area (Å²) in [6, 6.07) is 27.7. The van der Waals surface area contributed by atoms with E-state index < -0.39 is 25.0 Å². The molecule has 0 saturated carbocycles. The first-order valence-electron chi connectivity index (χ1n) is 27.4. The van der Waals surface area contributed by atoms with E-state index in [1.165, 1.54) is 61.1 Å². The molecule has 4 N–H and O–H groups in total. The summed E-state index contributed by atoms with van der Waals surface area (Å²) in [5.41, 5.74) is 4.76. The van der Waals surface area contributed by atoms with Gasteiger partial charge in [0, 0.05) is 83.6 Å². The number of rotatable bonds is 20. The second-order valence-corrected chi connectivity index (χ2v) is 20.5. The number of hydrogen-bond acceptors (Lipinski definition) is 16. The molecule has 0 unspecified atom stereocenters. The molecule has 2 aliphatic heterocycles. The summed E-state index contributed by atoms with van der Waals surface area (Å²) in [6.07, 6.45) is 15.4. The maximum Gasteiger partial charge on any atom is 0.387 e. The van der Waals surface area contributed by atoms with Crippen LogP contribution in [0.2, 0.25) is 0 Å². The molecule has 6 aromatic heterocycles. The quantitative estimate of drug-likeness (QED) is 0.0520. The average molecular weight is 1180 g/mol. The number of aromatic nitrogens is 10. The number of carbonyl (C=O) groups excluding carboxylic acids is 2. The molecule has 2 atom stereocenters. The van der Waals surface area contributed by atoms with Crippen molar-refractivity contribution < 1.29 is 56.3 Å². The molecule has 444 valence electrons. The van der Waals surface area contributed by atoms with Crippen LogP contribution in [0.4, 0.5) is 28.9 Å². The molecular formula is C60H58F4N14O8. The minimum Gasteiger partial charge on any atom is -0.457 e. The number of nitrogens with one attached hydrogen (secondary N) is 2. The molecule has 2 amide bonds. The van der Waals surface area contributed by atoms with E-state index in [2.05, 4.69) is 50.8 Å². The van der Waals surface area contributed by atoms with Gasteiger partial charge in [0.05, 0.1) is 41.5 Å². The number of nitrogens with zero attached hydrogens (tertiary/aromatic N) is 12. The molecule has 0 aliphatic carbocycles. The SMILES string of the molecule is Cn1cc(NC(=O)c2cnn3cccnc23)c(-c2cc(Oc3ccc(CN4CCC[C@@H]4CO)cc3)ccc2OC(F)F)n1.Cn1cc(NC(=O)c2cnn3cccnc23)c(-c2cc(Oc3ccc(CN4CC[C@@H](CO)C4)cc3)ccc2OC(F)F)n1. The van der Waals surface area contributed by atoms with Crippen molar-refractivity contribution in [2.24, 2.45) is 20.0 Å². The van der Waals surface area contributed by atoms with Gasteiger partial charge in [0.15, 0.2) is 11.3 Å². The number of aryl methyl sites for hydroxylation is 2. The molecule has 0 bridgehead atoms. The van der Waals surface area contributed by atoms with Gasteiger partial charge in [0.2, 0.25) is 0 Å². The predicted molar refractivity (Wildman–Crippen MR) is 306 cm³/mol. The third kappa shape index (κ3) is 13.6. The van der Waals surface area contributed by atoms with Gasteiger partial charge in [-0.05, 0) is 122 Å². The number of alkyl halides is 4. The summed E-state index contributed by atoms with van der Waals surface area (Å²) >= 11 is 0. The van der Waals surface area contributed by atoms with E-state index in [4.69, 9.17) is 18.9 Å². The van der Waals surface area contributed by atoms with Crippen LogP contribution in [0.5, 0.6) is 34.5 Å². The molecule has 22 nitrogen and oxygen atoms in total. The fraction of sp³-hybridized carbons (Fsp3) is 0.267. The highest BCUT2D eigenvalue weighted by atomic mass is 19.3. The summed E-state index contributed by atoms with van der Waals surface area (Å²) in [6.45, 7) is -1.52. The van der Waals surface area contributed by atoms with E-state index in [1.807, 2.05) is 48.5 Å². The number of hydrogen-bond donors (Lipinski definition) is 4. The molecule has 4 aromatic carbocycles. The number of fused-ring (bicyclic) bond motifs is 2. The zero-order valence-electron chi connectivity index (χ0n) is 46.5. The van der Waals surface area contributed by atoms with Gasteiger partial charge in [-0.3, -0.25) is 28.8 Å². The van der Waals surface area contributed by atoms with Gasteiger partial charge in [-0.15, -0.1) is 0 Å². The van der Waals surface area contributed by atoms with Crippen molar-refractivity contribution >= 4 is 34.5 Å². The van der Waals surface area contributed by atoms with Crippen molar-refractivity contribution in [1.82, 2.24) is 58.6 Å². The Morgan fingerprint density at radius 3 is 1.58 bits per heavy atom. The third-order valence-corrected chi connectivity index (χ3v) is 14.5. The Hall–Kier alpha value is -9.76. The molecule has 12 rings (SSSR count). The van der Waals surface area contributed by atoms with Gasteiger partial charge >= 0.3 is 13.2 Å². The molecule has 2 fully saturated rings. The van der Waals surface area contributed by atoms with Gasteiger partial charge in [-0.25, -0.2) is 19.0 Å². The van der Waals surface area contributed by atoms with Gasteiger partial charge in [0.25, 0.3) is 11.8 Å². The molecule has 0 radical (unpaired) electrons. The lowest BCUT2D eigenvalue weighted by molar-refractivity contribution is -0.0501. The molecule has 26 heteroatoms. The summed E-state index contributed by atoms with van der Waals surface area (Å²) in [5.74, 6) is 0.909. The zero-order chi connectivity index (χ0) is 59.8. The van der Waals surface area contributed by atoms with Crippen LogP contribution in [0, 0.1) is 5.92 Å². The minimum atomic E-state index is -3.08. The van der Waals surface area contributed by atoms with E-state index >= 15 is 0 Å². The van der Waals surface area contributed by atoms with E-state index in [0.29, 0.717) is 40.2 Å². The van der Waals surface area contributed by atoms with Crippen LogP contribution in [-0.4, -0.2) is 133 Å². The van der Waals surface area contributed by atoms with Crippen LogP contribution < -0.4 is 29.6 Å². The maximum atomic E-state index is 13.4. The molecular weight excluding hydrogens is 1120 g/mol. The molecule has 8 heterocycles. The Morgan fingerprint density at radius 1 is 0.628 bits per heavy atom. The summed E-state index contributed by atoms with van der Waals surface area (Å²) in [5, 5.41) is 41.7. The highest BCUT2D eigenvalue weighted by molar-refractivity contribution is 6.10. The van der Waals surface area contributed by atoms with Crippen molar-refractivity contribution in [2.45, 2.75) is 51.6 Å². The molecule has 86 heavy (non-hydrogen) atoms. The smallest absolute Gasteiger partial charge is 0.387 e. The highest BCUT2D eigenvalue weighted by Gasteiger charge is 2.27. The van der Waals surface area contributed by atoms with E-state index in [0.717, 1.165) is 63.1 Å². The fourth-order valence-electron chi connectivity index (χ4n) is 10.4. The minimum absolute atomic E-state index is 0.128. The molecule has 0 spiro atoms. The number of likely N-dealkylation sites (tertiary alicyclic amines) is 2. The fourth-order valence-corrected chi connectivity index (χ4v) is 10.4. The van der Waals surface area contributed by atoms with Crippen molar-refractivity contribution in [2.75, 3.05) is 43.5 Å². The topological polar surface area (TPSA) is 238 Å². The van der Waals surface area contributed by atoms with Crippen molar-refractivity contribution in [3.63, 3.8) is 0 Å². The van der Waals surface area contributed by atoms with Crippen LogP contribution in [0.25, 0.3) is 33.8 Å². The number of halogens is 4. The monoisotopic (exact) mass is 1180 g/mol. The predicted octanol–water partition coefficient (Wildman–Crippen LogP) is 9.32. The normalized spacial score (nSPS) is 15.3. The Balaban J connectivity index is 0.000000179. The lowest BCUT2D eigenvalue weighted by Gasteiger charge is -2.22. The number of amides is 2. The maximum absolute atomic E-state index is 13.4. The van der Waals surface area contributed by atoms with Crippen LogP contribution in [-0.2, 0) is 27.2 Å². The Morgan fingerprint density at radius 2 is 1.12 bits per heavy atom. The first-order chi connectivity index (χ1) is 41.7. The first kappa shape index (κ1) is 58.0. The number of ether oxygens (including phenoxy) is 4. The standard InChI is InChI=1S/2C30H29F2N7O4/c1-37-17-25(35-29(41)24-14-34-39-11-2-10-33-28(24)39)27(36-37)23-13-22(7-8-26(23)43-30(31)32)42-21-5-3-19(4-6-21)15-38-12-9-20(16-38)18-40;1-37-17-25(35-29(41)24-15-34-39-13-3-11-33-28(24)39)27(36-37)23-14-22(9-10-26(23)43-30(31)32)42-21-7-5-19(6-8-21)16-38-12-2-4-20(38)18-40/h2-8,10-11,13-14,17,20,30,40H,9,12,15-16,18H2,1H3,(H,35,41);3,5-11,13-15,17,20,30,40H,2,4,12,16,18H2,1H3,(H,35,41)/t2*20-/m11/s1. The van der Waals surface area contributed by atoms with Gasteiger partial charge < -0.3 is 39.8 Å². The second-order valence-electron chi connectivity index (χ2n) is 20.5. The molecule has 10 aromatic rings. The van der Waals surface area contributed by atoms with Crippen molar-refractivity contribution in [3.05, 3.63) is 169 Å². The third-order valence-electron chi connectivity index (χ3n) is 14.5. The Kier molecular flexibility index (Phi) is 17.6. The van der Waals surface area contributed by atoms with Crippen LogP contribution >= 0.6 is 0 Å². The van der Waals surface area contributed by atoms with Gasteiger partial charge in [0.1, 0.15) is 57.0 Å². The van der Waals surface area contributed by atoms with E-state index in [9.17, 15) is 37.4 Å². The molecule has 2 saturated heterocycles. The van der Waals surface area contributed by atoms with Crippen molar-refractivity contribution in [1.29, 1.82) is 0 Å². The summed E-state index contributed by atoms with van der Waals surface area (Å²) in [7, 11) is 3.30. The van der Waals surface area contributed by atoms with Crippen LogP contribution in [0.15, 0.2) is 147 Å². The largest absolute Gasteiger partial charge is 0.457 e. The number of aliphatic hydroxyl groups is 2. The zero-order valence-corrected chi connectivity index (χ0v) is 46.5. The lowest BCUT2D eigenvalue weighted by Crippen LogP contribution is -2.31. The van der Waals surface area contributed by atoms with E-state index in [1.54, 1.807) is 69.5 Å². The average Bonchev–Trinajstić information content (AvgIpc) is 4.55. The van der Waals surface area contributed by atoms with Crippen molar-refractivity contribution in [3.8, 4) is 57.0 Å². The number of anilines is 2. The number of carbonyl (C=O) groups is 2. The molecule has 2 aliphatic rings. The summed E-state index contributed by atoms with van der Waals surface area (Å²) in [4.78, 5) is 39.4. The Labute approximate surface area is 488 Å². The second kappa shape index (κ2) is 26.0.